The fraction of sp³-hybridized carbons (Fsp3) is 0.941. The van der Waals surface area contributed by atoms with Crippen LogP contribution in [-0.2, 0) is 0 Å². The molecule has 2 fully saturated rings. The highest BCUT2D eigenvalue weighted by atomic mass is 16.3. The van der Waals surface area contributed by atoms with Gasteiger partial charge in [-0.25, -0.2) is 4.79 Å². The summed E-state index contributed by atoms with van der Waals surface area (Å²) < 4.78 is 0. The topological polar surface area (TPSA) is 52.6 Å². The third-order valence-electron chi connectivity index (χ3n) is 5.19. The van der Waals surface area contributed by atoms with Crippen molar-refractivity contribution in [1.82, 2.24) is 10.2 Å². The van der Waals surface area contributed by atoms with E-state index >= 15 is 0 Å². The Morgan fingerprint density at radius 1 is 1.24 bits per heavy atom. The molecule has 1 atom stereocenters. The smallest absolute Gasteiger partial charge is 0.317 e. The number of carbonyl (C=O) groups is 1. The van der Waals surface area contributed by atoms with Crippen molar-refractivity contribution >= 4 is 6.03 Å². The first-order valence-corrected chi connectivity index (χ1v) is 8.74. The minimum Gasteiger partial charge on any atom is -0.393 e. The number of hydrogen-bond donors (Lipinski definition) is 2. The molecule has 1 unspecified atom stereocenters. The van der Waals surface area contributed by atoms with Crippen LogP contribution >= 0.6 is 0 Å². The molecule has 0 aromatic rings. The van der Waals surface area contributed by atoms with Gasteiger partial charge < -0.3 is 15.3 Å². The van der Waals surface area contributed by atoms with Crippen LogP contribution in [0.15, 0.2) is 0 Å². The first kappa shape index (κ1) is 16.6. The van der Waals surface area contributed by atoms with E-state index in [0.717, 1.165) is 31.7 Å². The van der Waals surface area contributed by atoms with E-state index in [1.807, 2.05) is 7.05 Å². The molecular weight excluding hydrogens is 264 g/mol. The van der Waals surface area contributed by atoms with Crippen molar-refractivity contribution in [3.8, 4) is 0 Å². The molecule has 122 valence electrons. The van der Waals surface area contributed by atoms with Gasteiger partial charge in [-0.05, 0) is 44.4 Å². The average molecular weight is 296 g/mol. The molecule has 2 saturated carbocycles. The van der Waals surface area contributed by atoms with Crippen molar-refractivity contribution in [2.75, 3.05) is 13.6 Å². The Labute approximate surface area is 129 Å². The maximum atomic E-state index is 12.1. The van der Waals surface area contributed by atoms with E-state index in [2.05, 4.69) is 12.2 Å². The quantitative estimate of drug-likeness (QED) is 0.791. The highest BCUT2D eigenvalue weighted by molar-refractivity contribution is 5.74. The predicted octanol–water partition coefficient (Wildman–Crippen LogP) is 3.15. The van der Waals surface area contributed by atoms with Crippen molar-refractivity contribution in [3.05, 3.63) is 0 Å². The van der Waals surface area contributed by atoms with Crippen LogP contribution < -0.4 is 5.32 Å². The Morgan fingerprint density at radius 2 is 1.90 bits per heavy atom. The number of nitrogens with zero attached hydrogens (tertiary/aromatic N) is 1. The number of aliphatic hydroxyl groups is 1. The molecular formula is C17H32N2O2. The van der Waals surface area contributed by atoms with Gasteiger partial charge in [0.15, 0.2) is 0 Å². The summed E-state index contributed by atoms with van der Waals surface area (Å²) in [4.78, 5) is 13.9. The molecule has 2 aliphatic carbocycles. The summed E-state index contributed by atoms with van der Waals surface area (Å²) in [5.74, 6) is 1.36. The molecule has 4 nitrogen and oxygen atoms in total. The van der Waals surface area contributed by atoms with E-state index in [9.17, 15) is 9.90 Å². The first-order chi connectivity index (χ1) is 10.0. The lowest BCUT2D eigenvalue weighted by Crippen LogP contribution is -2.46. The Bertz CT molecular complexity index is 323. The molecule has 0 aliphatic heterocycles. The zero-order valence-corrected chi connectivity index (χ0v) is 13.7. The standard InChI is InChI=1S/C17H32N2O2/c1-13(8-9-14-6-4-3-5-7-14)18-17(21)19(2)12-15-10-16(20)11-15/h13-16,20H,3-12H2,1-2H3,(H,18,21). The molecule has 2 aliphatic rings. The van der Waals surface area contributed by atoms with Crippen LogP contribution in [0.3, 0.4) is 0 Å². The number of urea groups is 1. The van der Waals surface area contributed by atoms with E-state index in [1.165, 1.54) is 38.5 Å². The summed E-state index contributed by atoms with van der Waals surface area (Å²) in [6, 6.07) is 0.293. The van der Waals surface area contributed by atoms with E-state index in [0.29, 0.717) is 5.92 Å². The van der Waals surface area contributed by atoms with Gasteiger partial charge >= 0.3 is 6.03 Å². The maximum Gasteiger partial charge on any atom is 0.317 e. The number of rotatable bonds is 6. The fourth-order valence-corrected chi connectivity index (χ4v) is 3.67. The number of amides is 2. The van der Waals surface area contributed by atoms with Crippen molar-refractivity contribution in [2.24, 2.45) is 11.8 Å². The van der Waals surface area contributed by atoms with Gasteiger partial charge in [0.2, 0.25) is 0 Å². The van der Waals surface area contributed by atoms with Gasteiger partial charge in [-0.3, -0.25) is 0 Å². The molecule has 0 aromatic carbocycles. The van der Waals surface area contributed by atoms with Crippen LogP contribution in [0, 0.1) is 11.8 Å². The van der Waals surface area contributed by atoms with Gasteiger partial charge in [-0.1, -0.05) is 32.1 Å². The van der Waals surface area contributed by atoms with Gasteiger partial charge in [-0.15, -0.1) is 0 Å². The summed E-state index contributed by atoms with van der Waals surface area (Å²) in [6.07, 6.45) is 10.8. The van der Waals surface area contributed by atoms with E-state index in [1.54, 1.807) is 4.90 Å². The molecule has 0 bridgehead atoms. The fourth-order valence-electron chi connectivity index (χ4n) is 3.67. The molecule has 2 N–H and O–H groups in total. The number of hydrogen-bond acceptors (Lipinski definition) is 2. The lowest BCUT2D eigenvalue weighted by atomic mass is 9.82. The highest BCUT2D eigenvalue weighted by Gasteiger charge is 2.29. The SMILES string of the molecule is CC(CCC1CCCCC1)NC(=O)N(C)CC1CC(O)C1. The lowest BCUT2D eigenvalue weighted by molar-refractivity contribution is 0.0323. The van der Waals surface area contributed by atoms with E-state index in [-0.39, 0.29) is 18.2 Å². The molecule has 0 saturated heterocycles. The minimum atomic E-state index is -0.138. The third-order valence-corrected chi connectivity index (χ3v) is 5.19. The van der Waals surface area contributed by atoms with Gasteiger partial charge in [-0.2, -0.15) is 0 Å². The summed E-state index contributed by atoms with van der Waals surface area (Å²) in [7, 11) is 1.86. The molecule has 21 heavy (non-hydrogen) atoms. The Hall–Kier alpha value is -0.770. The van der Waals surface area contributed by atoms with Crippen LogP contribution in [0.25, 0.3) is 0 Å². The van der Waals surface area contributed by atoms with Crippen LogP contribution in [0.2, 0.25) is 0 Å². The predicted molar refractivity (Wildman–Crippen MR) is 85.2 cm³/mol. The summed E-state index contributed by atoms with van der Waals surface area (Å²) in [5.41, 5.74) is 0. The van der Waals surface area contributed by atoms with Crippen LogP contribution in [0.1, 0.15) is 64.7 Å². The first-order valence-electron chi connectivity index (χ1n) is 8.74. The molecule has 2 amide bonds. The van der Waals surface area contributed by atoms with Gasteiger partial charge in [0, 0.05) is 19.6 Å². The lowest BCUT2D eigenvalue weighted by Gasteiger charge is -2.34. The molecule has 2 rings (SSSR count). The van der Waals surface area contributed by atoms with Gasteiger partial charge in [0.05, 0.1) is 6.10 Å². The number of nitrogens with one attached hydrogen (secondary N) is 1. The second-order valence-corrected chi connectivity index (χ2v) is 7.30. The largest absolute Gasteiger partial charge is 0.393 e. The third kappa shape index (κ3) is 5.50. The number of carbonyl (C=O) groups excluding carboxylic acids is 1. The molecule has 0 spiro atoms. The van der Waals surface area contributed by atoms with Crippen molar-refractivity contribution in [3.63, 3.8) is 0 Å². The molecule has 0 heterocycles. The van der Waals surface area contributed by atoms with E-state index in [4.69, 9.17) is 0 Å². The second kappa shape index (κ2) is 8.02. The van der Waals surface area contributed by atoms with Crippen LogP contribution in [0.5, 0.6) is 0 Å². The summed E-state index contributed by atoms with van der Waals surface area (Å²) in [5, 5.41) is 12.4. The van der Waals surface area contributed by atoms with Gasteiger partial charge in [0.1, 0.15) is 0 Å². The molecule has 0 radical (unpaired) electrons. The van der Waals surface area contributed by atoms with Crippen LogP contribution in [-0.4, -0.2) is 41.8 Å². The molecule has 0 aromatic heterocycles. The monoisotopic (exact) mass is 296 g/mol. The van der Waals surface area contributed by atoms with E-state index < -0.39 is 0 Å². The van der Waals surface area contributed by atoms with Crippen molar-refractivity contribution in [2.45, 2.75) is 76.9 Å². The van der Waals surface area contributed by atoms with Crippen molar-refractivity contribution < 1.29 is 9.90 Å². The Morgan fingerprint density at radius 3 is 2.52 bits per heavy atom. The molecule has 4 heteroatoms. The van der Waals surface area contributed by atoms with Gasteiger partial charge in [0.25, 0.3) is 0 Å². The van der Waals surface area contributed by atoms with Crippen molar-refractivity contribution in [1.29, 1.82) is 0 Å². The zero-order valence-electron chi connectivity index (χ0n) is 13.7. The average Bonchev–Trinajstić information content (AvgIpc) is 2.44. The normalized spacial score (nSPS) is 27.8. The summed E-state index contributed by atoms with van der Waals surface area (Å²) >= 11 is 0. The Kier molecular flexibility index (Phi) is 6.34. The van der Waals surface area contributed by atoms with Crippen LogP contribution in [0.4, 0.5) is 4.79 Å². The minimum absolute atomic E-state index is 0.0348. The number of aliphatic hydroxyl groups excluding tert-OH is 1. The maximum absolute atomic E-state index is 12.1. The second-order valence-electron chi connectivity index (χ2n) is 7.30. The Balaban J connectivity index is 1.59. The zero-order chi connectivity index (χ0) is 15.2. The summed E-state index contributed by atoms with van der Waals surface area (Å²) in [6.45, 7) is 2.87. The highest BCUT2D eigenvalue weighted by Crippen LogP contribution is 2.28.